The lowest BCUT2D eigenvalue weighted by atomic mass is 9.96. The number of rotatable bonds is 6. The van der Waals surface area contributed by atoms with Gasteiger partial charge in [0, 0.05) is 25.0 Å². The van der Waals surface area contributed by atoms with Crippen molar-refractivity contribution in [1.29, 1.82) is 0 Å². The van der Waals surface area contributed by atoms with Gasteiger partial charge in [-0.3, -0.25) is 9.88 Å². The summed E-state index contributed by atoms with van der Waals surface area (Å²) >= 11 is 0. The summed E-state index contributed by atoms with van der Waals surface area (Å²) in [5.41, 5.74) is 3.85. The molecule has 3 nitrogen and oxygen atoms in total. The molecule has 1 aliphatic rings. The quantitative estimate of drug-likeness (QED) is 0.591. The van der Waals surface area contributed by atoms with Gasteiger partial charge in [0.25, 0.3) is 0 Å². The number of aromatic nitrogens is 1. The molecular weight excluding hydrogens is 332 g/mol. The summed E-state index contributed by atoms with van der Waals surface area (Å²) < 4.78 is 5.91. The minimum Gasteiger partial charge on any atom is -0.489 e. The number of likely N-dealkylation sites (tertiary alicyclic amines) is 1. The number of pyridine rings is 1. The second kappa shape index (κ2) is 8.83. The van der Waals surface area contributed by atoms with Crippen LogP contribution in [0, 0.1) is 0 Å². The van der Waals surface area contributed by atoms with Crippen LogP contribution in [0.3, 0.4) is 0 Å². The van der Waals surface area contributed by atoms with E-state index < -0.39 is 0 Å². The molecule has 138 valence electrons. The molecule has 1 saturated heterocycles. The molecule has 27 heavy (non-hydrogen) atoms. The molecule has 0 aliphatic carbocycles. The van der Waals surface area contributed by atoms with Crippen molar-refractivity contribution in [3.63, 3.8) is 0 Å². The monoisotopic (exact) mass is 358 g/mol. The van der Waals surface area contributed by atoms with Crippen LogP contribution in [0.1, 0.15) is 42.0 Å². The van der Waals surface area contributed by atoms with Gasteiger partial charge in [-0.25, -0.2) is 0 Å². The number of hydrogen-bond donors (Lipinski definition) is 0. The van der Waals surface area contributed by atoms with Gasteiger partial charge in [-0.15, -0.1) is 0 Å². The SMILES string of the molecule is c1ccc(COc2ccc(CN3CCCC[C@@H]3c3cccnc3)cc2)cc1. The first-order valence-electron chi connectivity index (χ1n) is 9.78. The van der Waals surface area contributed by atoms with E-state index in [-0.39, 0.29) is 0 Å². The average molecular weight is 358 g/mol. The molecule has 0 radical (unpaired) electrons. The Labute approximate surface area is 161 Å². The van der Waals surface area contributed by atoms with Crippen LogP contribution in [-0.4, -0.2) is 16.4 Å². The Morgan fingerprint density at radius 1 is 0.889 bits per heavy atom. The van der Waals surface area contributed by atoms with E-state index in [1.54, 1.807) is 0 Å². The number of ether oxygens (including phenoxy) is 1. The Morgan fingerprint density at radius 3 is 2.52 bits per heavy atom. The van der Waals surface area contributed by atoms with Crippen LogP contribution in [0.15, 0.2) is 79.1 Å². The van der Waals surface area contributed by atoms with Crippen molar-refractivity contribution in [2.45, 2.75) is 38.5 Å². The minimum absolute atomic E-state index is 0.474. The summed E-state index contributed by atoms with van der Waals surface area (Å²) in [6.07, 6.45) is 7.65. The molecule has 2 heterocycles. The number of hydrogen-bond acceptors (Lipinski definition) is 3. The van der Waals surface area contributed by atoms with Gasteiger partial charge in [0.1, 0.15) is 12.4 Å². The third kappa shape index (κ3) is 4.75. The first-order chi connectivity index (χ1) is 13.4. The smallest absolute Gasteiger partial charge is 0.119 e. The second-order valence-electron chi connectivity index (χ2n) is 7.19. The minimum atomic E-state index is 0.474. The molecule has 0 unspecified atom stereocenters. The van der Waals surface area contributed by atoms with Gasteiger partial charge in [0.15, 0.2) is 0 Å². The number of piperidine rings is 1. The molecule has 1 fully saturated rings. The molecule has 0 bridgehead atoms. The molecule has 0 spiro atoms. The van der Waals surface area contributed by atoms with Crippen molar-refractivity contribution in [3.8, 4) is 5.75 Å². The van der Waals surface area contributed by atoms with Crippen molar-refractivity contribution in [1.82, 2.24) is 9.88 Å². The summed E-state index contributed by atoms with van der Waals surface area (Å²) in [7, 11) is 0. The van der Waals surface area contributed by atoms with E-state index in [4.69, 9.17) is 4.74 Å². The zero-order valence-electron chi connectivity index (χ0n) is 15.6. The van der Waals surface area contributed by atoms with Crippen LogP contribution >= 0.6 is 0 Å². The molecule has 2 aromatic carbocycles. The number of benzene rings is 2. The first-order valence-corrected chi connectivity index (χ1v) is 9.78. The molecule has 3 aromatic rings. The topological polar surface area (TPSA) is 25.4 Å². The van der Waals surface area contributed by atoms with E-state index >= 15 is 0 Å². The van der Waals surface area contributed by atoms with E-state index in [9.17, 15) is 0 Å². The standard InChI is InChI=1S/C24H26N2O/c1-2-7-21(8-3-1)19-27-23-13-11-20(12-14-23)18-26-16-5-4-10-24(26)22-9-6-15-25-17-22/h1-3,6-9,11-15,17,24H,4-5,10,16,18-19H2/t24-/m1/s1. The molecule has 1 aliphatic heterocycles. The second-order valence-corrected chi connectivity index (χ2v) is 7.19. The van der Waals surface area contributed by atoms with Crippen LogP contribution < -0.4 is 4.74 Å². The predicted octanol–water partition coefficient (Wildman–Crippen LogP) is 5.39. The van der Waals surface area contributed by atoms with Gasteiger partial charge >= 0.3 is 0 Å². The van der Waals surface area contributed by atoms with Crippen molar-refractivity contribution >= 4 is 0 Å². The molecular formula is C24H26N2O. The summed E-state index contributed by atoms with van der Waals surface area (Å²) in [5.74, 6) is 0.921. The molecule has 1 atom stereocenters. The van der Waals surface area contributed by atoms with Crippen LogP contribution in [0.25, 0.3) is 0 Å². The third-order valence-corrected chi connectivity index (χ3v) is 5.24. The van der Waals surface area contributed by atoms with Crippen LogP contribution in [0.2, 0.25) is 0 Å². The highest BCUT2D eigenvalue weighted by Gasteiger charge is 2.23. The lowest BCUT2D eigenvalue weighted by Crippen LogP contribution is -2.32. The van der Waals surface area contributed by atoms with Gasteiger partial charge in [-0.05, 0) is 54.3 Å². The van der Waals surface area contributed by atoms with Gasteiger partial charge < -0.3 is 4.74 Å². The Kier molecular flexibility index (Phi) is 5.80. The maximum Gasteiger partial charge on any atom is 0.119 e. The highest BCUT2D eigenvalue weighted by atomic mass is 16.5. The maximum absolute atomic E-state index is 5.91. The molecule has 0 N–H and O–H groups in total. The summed E-state index contributed by atoms with van der Waals surface area (Å²) in [4.78, 5) is 6.90. The molecule has 1 aromatic heterocycles. The Bertz CT molecular complexity index is 818. The Balaban J connectivity index is 1.38. The van der Waals surface area contributed by atoms with Crippen molar-refractivity contribution in [2.75, 3.05) is 6.54 Å². The third-order valence-electron chi connectivity index (χ3n) is 5.24. The zero-order chi connectivity index (χ0) is 18.3. The molecule has 3 heteroatoms. The fourth-order valence-corrected chi connectivity index (χ4v) is 3.80. The van der Waals surface area contributed by atoms with Crippen molar-refractivity contribution in [2.24, 2.45) is 0 Å². The van der Waals surface area contributed by atoms with Crippen LogP contribution in [-0.2, 0) is 13.2 Å². The van der Waals surface area contributed by atoms with E-state index in [1.807, 2.05) is 36.7 Å². The zero-order valence-corrected chi connectivity index (χ0v) is 15.6. The molecule has 4 rings (SSSR count). The Morgan fingerprint density at radius 2 is 1.74 bits per heavy atom. The van der Waals surface area contributed by atoms with E-state index in [1.165, 1.54) is 36.0 Å². The van der Waals surface area contributed by atoms with Gasteiger partial charge in [0.05, 0.1) is 0 Å². The Hall–Kier alpha value is -2.65. The van der Waals surface area contributed by atoms with Gasteiger partial charge in [-0.2, -0.15) is 0 Å². The normalized spacial score (nSPS) is 17.6. The van der Waals surface area contributed by atoms with E-state index in [2.05, 4.69) is 52.3 Å². The highest BCUT2D eigenvalue weighted by molar-refractivity contribution is 5.28. The van der Waals surface area contributed by atoms with Crippen molar-refractivity contribution < 1.29 is 4.74 Å². The molecule has 0 amide bonds. The fourth-order valence-electron chi connectivity index (χ4n) is 3.80. The summed E-state index contributed by atoms with van der Waals surface area (Å²) in [6, 6.07) is 23.5. The highest BCUT2D eigenvalue weighted by Crippen LogP contribution is 2.31. The van der Waals surface area contributed by atoms with E-state index in [0.717, 1.165) is 18.8 Å². The molecule has 0 saturated carbocycles. The summed E-state index contributed by atoms with van der Waals surface area (Å²) in [6.45, 7) is 2.72. The lowest BCUT2D eigenvalue weighted by Gasteiger charge is -2.36. The summed E-state index contributed by atoms with van der Waals surface area (Å²) in [5, 5.41) is 0. The predicted molar refractivity (Wildman–Crippen MR) is 108 cm³/mol. The number of nitrogens with zero attached hydrogens (tertiary/aromatic N) is 2. The van der Waals surface area contributed by atoms with E-state index in [0.29, 0.717) is 12.6 Å². The lowest BCUT2D eigenvalue weighted by molar-refractivity contribution is 0.140. The van der Waals surface area contributed by atoms with Crippen molar-refractivity contribution in [3.05, 3.63) is 95.8 Å². The fraction of sp³-hybridized carbons (Fsp3) is 0.292. The van der Waals surface area contributed by atoms with Crippen LogP contribution in [0.4, 0.5) is 0 Å². The van der Waals surface area contributed by atoms with Gasteiger partial charge in [-0.1, -0.05) is 55.0 Å². The maximum atomic E-state index is 5.91. The van der Waals surface area contributed by atoms with Gasteiger partial charge in [0.2, 0.25) is 0 Å². The average Bonchev–Trinajstić information content (AvgIpc) is 2.75. The first kappa shape index (κ1) is 17.7. The van der Waals surface area contributed by atoms with Crippen LogP contribution in [0.5, 0.6) is 5.75 Å². The largest absolute Gasteiger partial charge is 0.489 e.